The van der Waals surface area contributed by atoms with Crippen molar-refractivity contribution in [3.05, 3.63) is 65.9 Å². The van der Waals surface area contributed by atoms with E-state index >= 15 is 0 Å². The molecule has 1 aliphatic rings. The average molecular weight is 544 g/mol. The van der Waals surface area contributed by atoms with E-state index in [0.29, 0.717) is 5.56 Å². The van der Waals surface area contributed by atoms with Gasteiger partial charge in [-0.05, 0) is 37.3 Å². The molecule has 5 atom stereocenters. The van der Waals surface area contributed by atoms with Crippen molar-refractivity contribution >= 4 is 10.0 Å². The number of aromatic nitrogens is 2. The van der Waals surface area contributed by atoms with Gasteiger partial charge in [-0.3, -0.25) is 0 Å². The molecule has 2 aromatic carbocycles. The molecule has 0 bridgehead atoms. The summed E-state index contributed by atoms with van der Waals surface area (Å²) in [6.45, 7) is 1.09. The lowest BCUT2D eigenvalue weighted by molar-refractivity contribution is -0.231. The van der Waals surface area contributed by atoms with Gasteiger partial charge in [-0.25, -0.2) is 13.1 Å². The van der Waals surface area contributed by atoms with Crippen LogP contribution in [0, 0.1) is 6.92 Å². The lowest BCUT2D eigenvalue weighted by atomic mass is 9.99. The fourth-order valence-corrected chi connectivity index (χ4v) is 4.96. The molecule has 200 valence electrons. The lowest BCUT2D eigenvalue weighted by Crippen LogP contribution is -2.63. The van der Waals surface area contributed by atoms with Gasteiger partial charge in [-0.1, -0.05) is 29.8 Å². The molecule has 5 unspecified atom stereocenters. The number of benzene rings is 2. The van der Waals surface area contributed by atoms with Gasteiger partial charge in [0, 0.05) is 5.56 Å². The van der Waals surface area contributed by atoms with Crippen molar-refractivity contribution in [2.75, 3.05) is 6.61 Å². The number of hydrogen-bond acceptors (Lipinski definition) is 8. The summed E-state index contributed by atoms with van der Waals surface area (Å²) < 4.78 is 74.2. The molecular weight excluding hydrogens is 519 g/mol. The highest BCUT2D eigenvalue weighted by molar-refractivity contribution is 7.89. The van der Waals surface area contributed by atoms with Crippen molar-refractivity contribution in [3.8, 4) is 16.9 Å². The monoisotopic (exact) mass is 543 g/mol. The van der Waals surface area contributed by atoms with E-state index in [2.05, 4.69) is 5.10 Å². The summed E-state index contributed by atoms with van der Waals surface area (Å²) in [7, 11) is -4.37. The van der Waals surface area contributed by atoms with Crippen LogP contribution in [0.2, 0.25) is 0 Å². The van der Waals surface area contributed by atoms with E-state index in [1.807, 2.05) is 11.6 Å². The molecule has 1 aliphatic heterocycles. The molecule has 10 nitrogen and oxygen atoms in total. The summed E-state index contributed by atoms with van der Waals surface area (Å²) in [4.78, 5) is -0.326. The van der Waals surface area contributed by atoms with E-state index in [1.165, 1.54) is 12.1 Å². The van der Waals surface area contributed by atoms with Crippen LogP contribution in [-0.2, 0) is 20.9 Å². The van der Waals surface area contributed by atoms with Crippen LogP contribution >= 0.6 is 0 Å². The fourth-order valence-electron chi connectivity index (χ4n) is 3.83. The zero-order valence-corrected chi connectivity index (χ0v) is 20.1. The molecule has 37 heavy (non-hydrogen) atoms. The Kier molecular flexibility index (Phi) is 7.45. The number of aliphatic hydroxyl groups is 4. The molecule has 0 saturated carbocycles. The van der Waals surface area contributed by atoms with Gasteiger partial charge < -0.3 is 25.2 Å². The topological polar surface area (TPSA) is 154 Å². The molecule has 1 aromatic heterocycles. The molecule has 5 N–H and O–H groups in total. The standard InChI is InChI=1S/C23H24F3N3O7S/c1-12-2-4-13(5-3-12)16-10-18(23(24,25)26)27-29(16)14-6-8-15(9-7-14)37(34,35)28-22-21(33)20(32)19(31)17(11-30)36-22/h2-10,17,19-22,28,30-33H,11H2,1H3. The quantitative estimate of drug-likeness (QED) is 0.308. The SMILES string of the molecule is Cc1ccc(-c2cc(C(F)(F)F)nn2-c2ccc(S(=O)(=O)NC3OC(CO)C(O)C(O)C3O)cc2)cc1. The average Bonchev–Trinajstić information content (AvgIpc) is 3.31. The van der Waals surface area contributed by atoms with Gasteiger partial charge in [0.2, 0.25) is 10.0 Å². The Bertz CT molecular complexity index is 1340. The summed E-state index contributed by atoms with van der Waals surface area (Å²) in [6.07, 6.45) is -13.0. The number of ether oxygens (including phenoxy) is 1. The maximum atomic E-state index is 13.4. The van der Waals surface area contributed by atoms with Crippen molar-refractivity contribution in [2.45, 2.75) is 48.6 Å². The van der Waals surface area contributed by atoms with Crippen molar-refractivity contribution in [3.63, 3.8) is 0 Å². The second kappa shape index (κ2) is 10.1. The summed E-state index contributed by atoms with van der Waals surface area (Å²) in [5, 5.41) is 42.8. The van der Waals surface area contributed by atoms with Crippen molar-refractivity contribution in [2.24, 2.45) is 0 Å². The van der Waals surface area contributed by atoms with E-state index in [9.17, 15) is 42.0 Å². The van der Waals surface area contributed by atoms with E-state index in [-0.39, 0.29) is 16.3 Å². The number of aliphatic hydroxyl groups excluding tert-OH is 4. The third-order valence-electron chi connectivity index (χ3n) is 5.90. The lowest BCUT2D eigenvalue weighted by Gasteiger charge is -2.39. The summed E-state index contributed by atoms with van der Waals surface area (Å²) >= 11 is 0. The number of alkyl halides is 3. The largest absolute Gasteiger partial charge is 0.435 e. The molecule has 4 rings (SSSR count). The van der Waals surface area contributed by atoms with Gasteiger partial charge in [0.25, 0.3) is 0 Å². The maximum Gasteiger partial charge on any atom is 0.435 e. The number of rotatable bonds is 6. The second-order valence-corrected chi connectivity index (χ2v) is 10.3. The third-order valence-corrected chi connectivity index (χ3v) is 7.34. The van der Waals surface area contributed by atoms with Crippen LogP contribution in [0.3, 0.4) is 0 Å². The highest BCUT2D eigenvalue weighted by Crippen LogP contribution is 2.33. The summed E-state index contributed by atoms with van der Waals surface area (Å²) in [5.74, 6) is 0. The number of aryl methyl sites for hydroxylation is 1. The highest BCUT2D eigenvalue weighted by atomic mass is 32.2. The molecule has 14 heteroatoms. The van der Waals surface area contributed by atoms with Crippen molar-refractivity contribution < 1.29 is 46.8 Å². The number of sulfonamides is 1. The summed E-state index contributed by atoms with van der Waals surface area (Å²) in [5.41, 5.74) is 0.547. The van der Waals surface area contributed by atoms with Gasteiger partial charge in [0.05, 0.1) is 22.9 Å². The molecule has 0 spiro atoms. The fraction of sp³-hybridized carbons (Fsp3) is 0.348. The minimum absolute atomic E-state index is 0.141. The Morgan fingerprint density at radius 3 is 2.19 bits per heavy atom. The van der Waals surface area contributed by atoms with Crippen LogP contribution in [0.4, 0.5) is 13.2 Å². The number of hydrogen-bond donors (Lipinski definition) is 5. The van der Waals surface area contributed by atoms with Crippen LogP contribution < -0.4 is 4.72 Å². The Labute approximate surface area is 209 Å². The normalized spacial score (nSPS) is 24.8. The molecule has 2 heterocycles. The maximum absolute atomic E-state index is 13.4. The zero-order chi connectivity index (χ0) is 27.1. The first kappa shape index (κ1) is 27.2. The van der Waals surface area contributed by atoms with Gasteiger partial charge in [-0.2, -0.15) is 23.0 Å². The molecular formula is C23H24F3N3O7S. The first-order valence-electron chi connectivity index (χ1n) is 11.0. The Morgan fingerprint density at radius 1 is 1.00 bits per heavy atom. The summed E-state index contributed by atoms with van der Waals surface area (Å²) in [6, 6.07) is 12.4. The van der Waals surface area contributed by atoms with E-state index < -0.39 is 59.1 Å². The first-order chi connectivity index (χ1) is 17.3. The minimum Gasteiger partial charge on any atom is -0.394 e. The van der Waals surface area contributed by atoms with E-state index in [1.54, 1.807) is 24.3 Å². The molecule has 3 aromatic rings. The predicted octanol–water partition coefficient (Wildman–Crippen LogP) is 0.945. The molecule has 0 amide bonds. The van der Waals surface area contributed by atoms with Crippen molar-refractivity contribution in [1.82, 2.24) is 14.5 Å². The van der Waals surface area contributed by atoms with Crippen LogP contribution in [0.25, 0.3) is 16.9 Å². The second-order valence-electron chi connectivity index (χ2n) is 8.56. The van der Waals surface area contributed by atoms with Crippen molar-refractivity contribution in [1.29, 1.82) is 0 Å². The Balaban J connectivity index is 1.64. The van der Waals surface area contributed by atoms with Gasteiger partial charge in [0.1, 0.15) is 24.4 Å². The molecule has 0 aliphatic carbocycles. The van der Waals surface area contributed by atoms with Crippen LogP contribution in [0.5, 0.6) is 0 Å². The van der Waals surface area contributed by atoms with Crippen LogP contribution in [0.1, 0.15) is 11.3 Å². The number of nitrogens with one attached hydrogen (secondary N) is 1. The molecule has 1 fully saturated rings. The smallest absolute Gasteiger partial charge is 0.394 e. The predicted molar refractivity (Wildman–Crippen MR) is 123 cm³/mol. The van der Waals surface area contributed by atoms with Crippen LogP contribution in [-0.4, -0.2) is 75.9 Å². The van der Waals surface area contributed by atoms with Gasteiger partial charge >= 0.3 is 6.18 Å². The van der Waals surface area contributed by atoms with Crippen LogP contribution in [0.15, 0.2) is 59.5 Å². The number of nitrogens with zero attached hydrogens (tertiary/aromatic N) is 2. The Morgan fingerprint density at radius 2 is 1.62 bits per heavy atom. The molecule has 1 saturated heterocycles. The van der Waals surface area contributed by atoms with E-state index in [4.69, 9.17) is 4.74 Å². The Hall–Kier alpha value is -2.85. The third kappa shape index (κ3) is 5.55. The van der Waals surface area contributed by atoms with Gasteiger partial charge in [-0.15, -0.1) is 0 Å². The first-order valence-corrected chi connectivity index (χ1v) is 12.5. The number of halogens is 3. The van der Waals surface area contributed by atoms with E-state index in [0.717, 1.165) is 28.4 Å². The molecule has 0 radical (unpaired) electrons. The minimum atomic E-state index is -4.71. The highest BCUT2D eigenvalue weighted by Gasteiger charge is 2.45. The zero-order valence-electron chi connectivity index (χ0n) is 19.2. The van der Waals surface area contributed by atoms with Gasteiger partial charge in [0.15, 0.2) is 11.9 Å².